The van der Waals surface area contributed by atoms with Crippen molar-refractivity contribution in [2.75, 3.05) is 36.1 Å². The highest BCUT2D eigenvalue weighted by Crippen LogP contribution is 2.30. The molecule has 3 amide bonds. The SMILES string of the molecule is CNC(=O)N1CCC(CC(=O)Nc2ccc3cc2CCc2cncc(c2)Nc2ncc(Cl)c(n2)N3)CC1.O=C(C(=O)C(F)(F)F)C(F)(F)F. The van der Waals surface area contributed by atoms with E-state index in [0.29, 0.717) is 42.7 Å². The number of halogens is 7. The lowest BCUT2D eigenvalue weighted by Crippen LogP contribution is -2.43. The maximum absolute atomic E-state index is 13.0. The Balaban J connectivity index is 0.000000386. The second kappa shape index (κ2) is 15.5. The number of carbonyl (C=O) groups is 4. The van der Waals surface area contributed by atoms with E-state index in [1.807, 2.05) is 30.5 Å². The molecule has 0 spiro atoms. The molecular formula is C30H29ClF6N8O4. The van der Waals surface area contributed by atoms with Gasteiger partial charge in [-0.15, -0.1) is 0 Å². The van der Waals surface area contributed by atoms with E-state index < -0.39 is 23.9 Å². The maximum Gasteiger partial charge on any atom is 0.458 e. The van der Waals surface area contributed by atoms with Crippen LogP contribution in [0.25, 0.3) is 0 Å². The number of pyridine rings is 1. The summed E-state index contributed by atoms with van der Waals surface area (Å²) in [5, 5.41) is 12.6. The number of aryl methyl sites for hydroxylation is 2. The van der Waals surface area contributed by atoms with Crippen molar-refractivity contribution in [1.29, 1.82) is 0 Å². The van der Waals surface area contributed by atoms with Crippen LogP contribution in [0.4, 0.5) is 60.0 Å². The number of piperidine rings is 1. The number of rotatable bonds is 4. The number of anilines is 5. The van der Waals surface area contributed by atoms with Gasteiger partial charge < -0.3 is 26.2 Å². The molecule has 19 heteroatoms. The summed E-state index contributed by atoms with van der Waals surface area (Å²) in [6.07, 6.45) is -2.93. The predicted octanol–water partition coefficient (Wildman–Crippen LogP) is 5.74. The van der Waals surface area contributed by atoms with Gasteiger partial charge in [0.2, 0.25) is 11.9 Å². The Kier molecular flexibility index (Phi) is 11.6. The van der Waals surface area contributed by atoms with Gasteiger partial charge in [-0.05, 0) is 67.0 Å². The van der Waals surface area contributed by atoms with Crippen LogP contribution in [-0.2, 0) is 27.2 Å². The van der Waals surface area contributed by atoms with Gasteiger partial charge in [0.25, 0.3) is 0 Å². The summed E-state index contributed by atoms with van der Waals surface area (Å²) in [5.41, 5.74) is 4.43. The number of ketones is 2. The monoisotopic (exact) mass is 714 g/mol. The van der Waals surface area contributed by atoms with Gasteiger partial charge in [-0.25, -0.2) is 9.78 Å². The van der Waals surface area contributed by atoms with Crippen LogP contribution in [0.2, 0.25) is 5.02 Å². The van der Waals surface area contributed by atoms with Crippen LogP contribution in [-0.4, -0.2) is 75.8 Å². The molecule has 0 atom stereocenters. The molecule has 2 aliphatic rings. The van der Waals surface area contributed by atoms with E-state index in [1.54, 1.807) is 24.3 Å². The molecule has 262 valence electrons. The number of fused-ring (bicyclic) bond motifs is 6. The number of nitrogens with one attached hydrogen (secondary N) is 4. The van der Waals surface area contributed by atoms with Crippen molar-refractivity contribution in [1.82, 2.24) is 25.2 Å². The molecule has 0 aliphatic carbocycles. The number of aromatic nitrogens is 3. The molecule has 1 fully saturated rings. The maximum atomic E-state index is 13.0. The number of nitrogens with zero attached hydrogens (tertiary/aromatic N) is 4. The van der Waals surface area contributed by atoms with E-state index in [0.717, 1.165) is 47.5 Å². The molecule has 2 aromatic heterocycles. The fourth-order valence-electron chi connectivity index (χ4n) is 4.97. The highest BCUT2D eigenvalue weighted by atomic mass is 35.5. The van der Waals surface area contributed by atoms with Crippen molar-refractivity contribution in [3.63, 3.8) is 0 Å². The Morgan fingerprint density at radius 3 is 2.22 bits per heavy atom. The first-order chi connectivity index (χ1) is 23.0. The van der Waals surface area contributed by atoms with E-state index in [4.69, 9.17) is 11.6 Å². The summed E-state index contributed by atoms with van der Waals surface area (Å²) in [6, 6.07) is 7.77. The van der Waals surface area contributed by atoms with Crippen LogP contribution in [0.3, 0.4) is 0 Å². The molecule has 2 aliphatic heterocycles. The van der Waals surface area contributed by atoms with Crippen LogP contribution in [0.5, 0.6) is 0 Å². The second-order valence-electron chi connectivity index (χ2n) is 11.0. The number of alkyl halides is 6. The van der Waals surface area contributed by atoms with E-state index >= 15 is 0 Å². The smallest absolute Gasteiger partial charge is 0.341 e. The summed E-state index contributed by atoms with van der Waals surface area (Å²) in [7, 11) is 1.64. The summed E-state index contributed by atoms with van der Waals surface area (Å²) < 4.78 is 67.0. The average Bonchev–Trinajstić information content (AvgIpc) is 3.05. The molecular weight excluding hydrogens is 686 g/mol. The molecule has 1 saturated heterocycles. The zero-order chi connectivity index (χ0) is 35.9. The zero-order valence-electron chi connectivity index (χ0n) is 25.6. The van der Waals surface area contributed by atoms with Gasteiger partial charge >= 0.3 is 30.0 Å². The number of Topliss-reactive ketones (excluding diaryl/α,β-unsaturated/α-hetero) is 2. The Morgan fingerprint density at radius 2 is 1.59 bits per heavy atom. The Hall–Kier alpha value is -5.00. The number of amides is 3. The Morgan fingerprint density at radius 1 is 0.918 bits per heavy atom. The van der Waals surface area contributed by atoms with Gasteiger partial charge in [-0.3, -0.25) is 19.4 Å². The van der Waals surface area contributed by atoms with Crippen LogP contribution < -0.4 is 21.3 Å². The lowest BCUT2D eigenvalue weighted by molar-refractivity contribution is -0.193. The van der Waals surface area contributed by atoms with Crippen molar-refractivity contribution < 1.29 is 45.5 Å². The first-order valence-corrected chi connectivity index (χ1v) is 15.0. The molecule has 1 aromatic carbocycles. The largest absolute Gasteiger partial charge is 0.458 e. The van der Waals surface area contributed by atoms with Crippen LogP contribution in [0.1, 0.15) is 30.4 Å². The fourth-order valence-corrected chi connectivity index (χ4v) is 5.11. The third kappa shape index (κ3) is 10.2. The quantitative estimate of drug-likeness (QED) is 0.195. The standard InChI is InChI=1S/C26H29ClN8O2.C4F6O2/c1-28-26(37)35-8-6-16(7-9-35)11-23(36)33-22-5-4-19-12-18(22)3-2-17-10-20(14-29-13-17)32-25-30-15-21(27)24(31-19)34-25;5-3(6,7)1(11)2(12)4(8,9)10/h4-5,10,12-16H,2-3,6-9,11H2,1H3,(H,28,37)(H,33,36)(H2,30,31,32,34);. The van der Waals surface area contributed by atoms with Crippen molar-refractivity contribution in [3.8, 4) is 0 Å². The minimum Gasteiger partial charge on any atom is -0.341 e. The van der Waals surface area contributed by atoms with Gasteiger partial charge in [0.1, 0.15) is 5.02 Å². The van der Waals surface area contributed by atoms with E-state index in [9.17, 15) is 45.5 Å². The molecule has 4 N–H and O–H groups in total. The highest BCUT2D eigenvalue weighted by Gasteiger charge is 2.54. The second-order valence-corrected chi connectivity index (χ2v) is 11.4. The van der Waals surface area contributed by atoms with Gasteiger partial charge in [-0.1, -0.05) is 11.6 Å². The number of hydrogen-bond donors (Lipinski definition) is 4. The van der Waals surface area contributed by atoms with Crippen LogP contribution in [0, 0.1) is 5.92 Å². The van der Waals surface area contributed by atoms with E-state index in [2.05, 4.69) is 36.2 Å². The number of hydrogen-bond acceptors (Lipinski definition) is 9. The highest BCUT2D eigenvalue weighted by molar-refractivity contribution is 6.41. The lowest BCUT2D eigenvalue weighted by atomic mass is 9.93. The predicted molar refractivity (Wildman–Crippen MR) is 166 cm³/mol. The minimum atomic E-state index is -5.77. The first kappa shape index (κ1) is 36.8. The third-order valence-corrected chi connectivity index (χ3v) is 7.71. The molecule has 4 heterocycles. The Labute approximate surface area is 280 Å². The number of urea groups is 1. The molecule has 49 heavy (non-hydrogen) atoms. The molecule has 5 rings (SSSR count). The van der Waals surface area contributed by atoms with Crippen molar-refractivity contribution in [3.05, 3.63) is 59.0 Å². The van der Waals surface area contributed by atoms with E-state index in [-0.39, 0.29) is 17.9 Å². The fraction of sp³-hybridized carbons (Fsp3) is 0.367. The topological polar surface area (TPSA) is 158 Å². The zero-order valence-corrected chi connectivity index (χ0v) is 26.4. The summed E-state index contributed by atoms with van der Waals surface area (Å²) in [5.74, 6) is -5.69. The summed E-state index contributed by atoms with van der Waals surface area (Å²) >= 11 is 6.35. The number of benzene rings is 1. The van der Waals surface area contributed by atoms with Crippen molar-refractivity contribution in [2.45, 2.75) is 44.5 Å². The summed E-state index contributed by atoms with van der Waals surface area (Å²) in [6.45, 7) is 1.33. The lowest BCUT2D eigenvalue weighted by Gasteiger charge is -2.31. The molecule has 3 aromatic rings. The van der Waals surface area contributed by atoms with Gasteiger partial charge in [0, 0.05) is 44.1 Å². The van der Waals surface area contributed by atoms with Crippen LogP contribution >= 0.6 is 11.6 Å². The summed E-state index contributed by atoms with van der Waals surface area (Å²) in [4.78, 5) is 59.0. The number of carbonyl (C=O) groups excluding carboxylic acids is 4. The van der Waals surface area contributed by atoms with E-state index in [1.165, 1.54) is 0 Å². The average molecular weight is 715 g/mol. The van der Waals surface area contributed by atoms with Crippen molar-refractivity contribution in [2.24, 2.45) is 5.92 Å². The van der Waals surface area contributed by atoms with Crippen LogP contribution in [0.15, 0.2) is 42.9 Å². The van der Waals surface area contributed by atoms with Crippen molar-refractivity contribution >= 4 is 63.9 Å². The molecule has 6 bridgehead atoms. The molecule has 0 radical (unpaired) electrons. The third-order valence-electron chi connectivity index (χ3n) is 7.43. The van der Waals surface area contributed by atoms with Gasteiger partial charge in [-0.2, -0.15) is 31.3 Å². The normalized spacial score (nSPS) is 14.7. The van der Waals surface area contributed by atoms with Gasteiger partial charge in [0.15, 0.2) is 5.82 Å². The van der Waals surface area contributed by atoms with Gasteiger partial charge in [0.05, 0.1) is 18.1 Å². The first-order valence-electron chi connectivity index (χ1n) is 14.7. The molecule has 0 saturated carbocycles. The minimum absolute atomic E-state index is 0.0189. The molecule has 12 nitrogen and oxygen atoms in total. The molecule has 0 unspecified atom stereocenters. The Bertz CT molecular complexity index is 1690. The number of likely N-dealkylation sites (tertiary alicyclic amines) is 1.